The molecule has 0 bridgehead atoms. The second kappa shape index (κ2) is 15.7. The molecule has 0 saturated carbocycles. The normalized spacial score (nSPS) is 11.4. The fraction of sp³-hybridized carbons (Fsp3) is 0.195. The average molecular weight is 635 g/mol. The van der Waals surface area contributed by atoms with E-state index in [-0.39, 0.29) is 5.82 Å². The van der Waals surface area contributed by atoms with Crippen molar-refractivity contribution in [3.63, 3.8) is 0 Å². The second-order valence-electron chi connectivity index (χ2n) is 12.1. The van der Waals surface area contributed by atoms with Crippen molar-refractivity contribution < 1.29 is 9.47 Å². The van der Waals surface area contributed by atoms with Crippen LogP contribution in [0.25, 0.3) is 0 Å². The quantitative estimate of drug-likeness (QED) is 0.102. The summed E-state index contributed by atoms with van der Waals surface area (Å²) in [5.41, 5.74) is 3.68. The van der Waals surface area contributed by atoms with Crippen LogP contribution in [0.15, 0.2) is 152 Å². The summed E-state index contributed by atoms with van der Waals surface area (Å²) in [5.74, 6) is 2.01. The molecule has 1 aromatic heterocycles. The highest BCUT2D eigenvalue weighted by molar-refractivity contribution is 7.10. The van der Waals surface area contributed by atoms with Gasteiger partial charge in [0, 0.05) is 18.6 Å². The van der Waals surface area contributed by atoms with Gasteiger partial charge in [0.1, 0.15) is 11.5 Å². The summed E-state index contributed by atoms with van der Waals surface area (Å²) in [6.07, 6.45) is 6.91. The molecule has 0 atom stereocenters. The third-order valence-electron chi connectivity index (χ3n) is 8.91. The monoisotopic (exact) mass is 634 g/mol. The van der Waals surface area contributed by atoms with E-state index >= 15 is 0 Å². The van der Waals surface area contributed by atoms with Gasteiger partial charge in [-0.25, -0.2) is 0 Å². The van der Waals surface area contributed by atoms with Crippen molar-refractivity contribution in [2.24, 2.45) is 0 Å². The van der Waals surface area contributed by atoms with Crippen LogP contribution in [-0.2, 0) is 6.17 Å². The highest BCUT2D eigenvalue weighted by Crippen LogP contribution is 2.24. The highest BCUT2D eigenvalue weighted by atomic mass is 28.3. The predicted octanol–water partition coefficient (Wildman–Crippen LogP) is 6.02. The van der Waals surface area contributed by atoms with Crippen molar-refractivity contribution in [1.82, 2.24) is 9.55 Å². The SMILES string of the molecule is CCCOc1ccc([Si](Cn2ccnc2BC(c2ccccc2)c2ccccc2)(c2ccccc2)c2ccc(OCCC)cc2)cc1. The molecule has 236 valence electrons. The number of hydrogen-bond donors (Lipinski definition) is 0. The lowest BCUT2D eigenvalue weighted by Gasteiger charge is -2.35. The Morgan fingerprint density at radius 1 is 0.596 bits per heavy atom. The largest absolute Gasteiger partial charge is 0.494 e. The van der Waals surface area contributed by atoms with Crippen LogP contribution in [0.1, 0.15) is 43.6 Å². The maximum atomic E-state index is 6.02. The minimum Gasteiger partial charge on any atom is -0.494 e. The number of rotatable bonds is 15. The van der Waals surface area contributed by atoms with Gasteiger partial charge < -0.3 is 14.0 Å². The zero-order valence-electron chi connectivity index (χ0n) is 27.5. The van der Waals surface area contributed by atoms with Crippen LogP contribution in [-0.4, -0.2) is 38.1 Å². The number of benzene rings is 5. The summed E-state index contributed by atoms with van der Waals surface area (Å²) in [6, 6.07) is 50.4. The van der Waals surface area contributed by atoms with E-state index < -0.39 is 8.07 Å². The first-order valence-corrected chi connectivity index (χ1v) is 19.0. The van der Waals surface area contributed by atoms with E-state index in [2.05, 4.69) is 164 Å². The van der Waals surface area contributed by atoms with E-state index in [1.165, 1.54) is 26.7 Å². The van der Waals surface area contributed by atoms with Gasteiger partial charge in [-0.1, -0.05) is 129 Å². The Balaban J connectivity index is 1.47. The molecule has 0 spiro atoms. The third kappa shape index (κ3) is 7.44. The molecule has 0 aliphatic rings. The van der Waals surface area contributed by atoms with Crippen LogP contribution in [0.4, 0.5) is 0 Å². The molecule has 5 aromatic carbocycles. The van der Waals surface area contributed by atoms with E-state index in [1.54, 1.807) is 0 Å². The maximum absolute atomic E-state index is 6.02. The van der Waals surface area contributed by atoms with Gasteiger partial charge in [-0.2, -0.15) is 0 Å². The average Bonchev–Trinajstić information content (AvgIpc) is 3.59. The zero-order valence-corrected chi connectivity index (χ0v) is 28.5. The maximum Gasteiger partial charge on any atom is 0.217 e. The Hall–Kier alpha value is -4.81. The smallest absolute Gasteiger partial charge is 0.217 e. The number of imidazole rings is 1. The zero-order chi connectivity index (χ0) is 32.3. The Morgan fingerprint density at radius 3 is 1.51 bits per heavy atom. The van der Waals surface area contributed by atoms with Gasteiger partial charge in [0.2, 0.25) is 7.28 Å². The molecule has 0 radical (unpaired) electrons. The lowest BCUT2D eigenvalue weighted by Crippen LogP contribution is -2.70. The fourth-order valence-electron chi connectivity index (χ4n) is 6.52. The molecule has 47 heavy (non-hydrogen) atoms. The Morgan fingerprint density at radius 2 is 1.04 bits per heavy atom. The first-order chi connectivity index (χ1) is 23.2. The first-order valence-electron chi connectivity index (χ1n) is 16.8. The van der Waals surface area contributed by atoms with E-state index in [9.17, 15) is 0 Å². The molecule has 0 unspecified atom stereocenters. The molecule has 0 aliphatic heterocycles. The van der Waals surface area contributed by atoms with Gasteiger partial charge >= 0.3 is 0 Å². The van der Waals surface area contributed by atoms with Crippen molar-refractivity contribution >= 4 is 36.6 Å². The molecular weight excluding hydrogens is 591 g/mol. The summed E-state index contributed by atoms with van der Waals surface area (Å²) >= 11 is 0. The van der Waals surface area contributed by atoms with Crippen LogP contribution in [0, 0.1) is 0 Å². The molecular formula is C41H43BN2O2Si. The van der Waals surface area contributed by atoms with Crippen LogP contribution in [0.2, 0.25) is 0 Å². The van der Waals surface area contributed by atoms with E-state index in [0.717, 1.165) is 43.5 Å². The third-order valence-corrected chi connectivity index (χ3v) is 13.7. The van der Waals surface area contributed by atoms with Crippen molar-refractivity contribution in [3.05, 3.63) is 163 Å². The summed E-state index contributed by atoms with van der Waals surface area (Å²) in [6.45, 7) is 5.70. The fourth-order valence-corrected chi connectivity index (χ4v) is 11.1. The Bertz CT molecular complexity index is 1700. The molecule has 4 nitrogen and oxygen atoms in total. The first kappa shape index (κ1) is 32.1. The number of nitrogens with zero attached hydrogens (tertiary/aromatic N) is 2. The van der Waals surface area contributed by atoms with Crippen molar-refractivity contribution in [1.29, 1.82) is 0 Å². The van der Waals surface area contributed by atoms with Gasteiger partial charge in [-0.05, 0) is 69.6 Å². The molecule has 0 saturated heterocycles. The lowest BCUT2D eigenvalue weighted by atomic mass is 9.58. The highest BCUT2D eigenvalue weighted by Gasteiger charge is 2.40. The molecule has 6 aromatic rings. The summed E-state index contributed by atoms with van der Waals surface area (Å²) < 4.78 is 14.5. The molecule has 0 N–H and O–H groups in total. The van der Waals surface area contributed by atoms with Crippen LogP contribution < -0.4 is 30.8 Å². The van der Waals surface area contributed by atoms with Crippen LogP contribution >= 0.6 is 0 Å². The standard InChI is InChI=1S/C41H43BN2O2Si/c1-3-30-45-35-20-24-38(25-21-35)47(37-18-12-7-13-19-37,39-26-22-36(23-27-39)46-31-4-2)32-44-29-28-43-41(44)42-40(33-14-8-5-9-15-33)34-16-10-6-11-17-34/h5-29,40,42H,3-4,30-32H2,1-2H3. The Labute approximate surface area is 281 Å². The van der Waals surface area contributed by atoms with Crippen molar-refractivity contribution in [3.8, 4) is 11.5 Å². The van der Waals surface area contributed by atoms with Gasteiger partial charge in [0.25, 0.3) is 0 Å². The summed E-state index contributed by atoms with van der Waals surface area (Å²) in [5, 5.41) is 4.01. The molecule has 0 fully saturated rings. The number of aromatic nitrogens is 2. The number of ether oxygens (including phenoxy) is 2. The van der Waals surface area contributed by atoms with Crippen LogP contribution in [0.3, 0.4) is 0 Å². The lowest BCUT2D eigenvalue weighted by molar-refractivity contribution is 0.317. The minimum atomic E-state index is -2.67. The molecule has 0 amide bonds. The molecule has 1 heterocycles. The molecule has 6 rings (SSSR count). The molecule has 0 aliphatic carbocycles. The van der Waals surface area contributed by atoms with E-state index in [1.807, 2.05) is 6.20 Å². The number of hydrogen-bond acceptors (Lipinski definition) is 3. The predicted molar refractivity (Wildman–Crippen MR) is 199 cm³/mol. The summed E-state index contributed by atoms with van der Waals surface area (Å²) in [7, 11) is -1.87. The van der Waals surface area contributed by atoms with Crippen molar-refractivity contribution in [2.45, 2.75) is 38.7 Å². The van der Waals surface area contributed by atoms with Gasteiger partial charge in [0.15, 0.2) is 8.07 Å². The van der Waals surface area contributed by atoms with Gasteiger partial charge in [0.05, 0.1) is 18.9 Å². The second-order valence-corrected chi connectivity index (χ2v) is 15.9. The summed E-state index contributed by atoms with van der Waals surface area (Å²) in [4.78, 5) is 5.01. The van der Waals surface area contributed by atoms with Gasteiger partial charge in [-0.3, -0.25) is 4.98 Å². The van der Waals surface area contributed by atoms with Crippen molar-refractivity contribution in [2.75, 3.05) is 13.2 Å². The van der Waals surface area contributed by atoms with E-state index in [4.69, 9.17) is 14.5 Å². The topological polar surface area (TPSA) is 36.3 Å². The van der Waals surface area contributed by atoms with Crippen LogP contribution in [0.5, 0.6) is 11.5 Å². The van der Waals surface area contributed by atoms with E-state index in [0.29, 0.717) is 13.2 Å². The molecule has 6 heteroatoms. The minimum absolute atomic E-state index is 0.191. The van der Waals surface area contributed by atoms with Gasteiger partial charge in [-0.15, -0.1) is 0 Å². The Kier molecular flexibility index (Phi) is 10.7.